The highest BCUT2D eigenvalue weighted by molar-refractivity contribution is 5.95. The van der Waals surface area contributed by atoms with Crippen molar-refractivity contribution in [3.8, 4) is 11.1 Å². The lowest BCUT2D eigenvalue weighted by Gasteiger charge is -2.45. The molecule has 4 rings (SSSR count). The van der Waals surface area contributed by atoms with Crippen LogP contribution in [0.15, 0.2) is 42.7 Å². The number of aryl methyl sites for hydroxylation is 1. The molecule has 2 aliphatic rings. The van der Waals surface area contributed by atoms with Gasteiger partial charge >= 0.3 is 0 Å². The third-order valence-corrected chi connectivity index (χ3v) is 6.06. The second kappa shape index (κ2) is 7.20. The number of carbonyl (C=O) groups excluding carboxylic acids is 1. The van der Waals surface area contributed by atoms with Crippen LogP contribution in [0.3, 0.4) is 0 Å². The molecule has 2 bridgehead atoms. The van der Waals surface area contributed by atoms with E-state index in [1.54, 1.807) is 6.20 Å². The number of carbonyl (C=O) groups is 1. The van der Waals surface area contributed by atoms with Crippen LogP contribution in [0, 0.1) is 18.8 Å². The molecule has 2 atom stereocenters. The van der Waals surface area contributed by atoms with Gasteiger partial charge in [-0.2, -0.15) is 0 Å². The Labute approximate surface area is 155 Å². The summed E-state index contributed by atoms with van der Waals surface area (Å²) in [5.74, 6) is 1.04. The molecule has 0 saturated heterocycles. The van der Waals surface area contributed by atoms with Crippen LogP contribution in [-0.4, -0.2) is 23.0 Å². The van der Waals surface area contributed by atoms with E-state index in [2.05, 4.69) is 41.5 Å². The van der Waals surface area contributed by atoms with Crippen LogP contribution in [0.2, 0.25) is 0 Å². The maximum absolute atomic E-state index is 12.9. The van der Waals surface area contributed by atoms with Crippen molar-refractivity contribution in [1.82, 2.24) is 10.3 Å². The quantitative estimate of drug-likeness (QED) is 0.888. The first kappa shape index (κ1) is 17.2. The van der Waals surface area contributed by atoms with Gasteiger partial charge in [0.05, 0.1) is 5.56 Å². The lowest BCUT2D eigenvalue weighted by Crippen LogP contribution is -2.53. The molecule has 1 aromatic heterocycles. The van der Waals surface area contributed by atoms with Crippen LogP contribution in [0.25, 0.3) is 11.1 Å². The SMILES string of the molecule is Cc1ccc(-c2cncc(C(=O)NC3C4CCCC3CC(N)C4)c2)cc1. The number of rotatable bonds is 3. The van der Waals surface area contributed by atoms with Crippen molar-refractivity contribution in [2.24, 2.45) is 17.6 Å². The average Bonchev–Trinajstić information content (AvgIpc) is 2.63. The Hall–Kier alpha value is -2.20. The molecule has 1 amide bonds. The van der Waals surface area contributed by atoms with E-state index in [0.29, 0.717) is 23.4 Å². The minimum Gasteiger partial charge on any atom is -0.349 e. The predicted octanol–water partition coefficient (Wildman–Crippen LogP) is 3.69. The second-order valence-corrected chi connectivity index (χ2v) is 8.01. The number of aromatic nitrogens is 1. The molecule has 0 radical (unpaired) electrons. The smallest absolute Gasteiger partial charge is 0.253 e. The van der Waals surface area contributed by atoms with Crippen LogP contribution in [0.1, 0.15) is 48.0 Å². The van der Waals surface area contributed by atoms with Crippen molar-refractivity contribution in [1.29, 1.82) is 0 Å². The zero-order chi connectivity index (χ0) is 18.1. The van der Waals surface area contributed by atoms with Gasteiger partial charge < -0.3 is 11.1 Å². The Morgan fingerprint density at radius 2 is 1.77 bits per heavy atom. The highest BCUT2D eigenvalue weighted by Gasteiger charge is 2.39. The molecule has 1 aromatic carbocycles. The van der Waals surface area contributed by atoms with Crippen LogP contribution in [0.5, 0.6) is 0 Å². The maximum Gasteiger partial charge on any atom is 0.253 e. The highest BCUT2D eigenvalue weighted by Crippen LogP contribution is 2.39. The van der Waals surface area contributed by atoms with E-state index in [0.717, 1.165) is 24.0 Å². The molecule has 2 aliphatic carbocycles. The Kier molecular flexibility index (Phi) is 4.77. The standard InChI is InChI=1S/C22H27N3O/c1-14-5-7-15(8-6-14)18-9-19(13-24-12-18)22(26)25-21-16-3-2-4-17(21)11-20(23)10-16/h5-9,12-13,16-17,20-21H,2-4,10-11,23H2,1H3,(H,25,26). The molecule has 2 aromatic rings. The number of fused-ring (bicyclic) bond motifs is 2. The molecule has 0 aliphatic heterocycles. The van der Waals surface area contributed by atoms with Crippen LogP contribution >= 0.6 is 0 Å². The van der Waals surface area contributed by atoms with Gasteiger partial charge in [0.1, 0.15) is 0 Å². The van der Waals surface area contributed by atoms with Crippen molar-refractivity contribution >= 4 is 5.91 Å². The van der Waals surface area contributed by atoms with E-state index in [4.69, 9.17) is 5.73 Å². The first-order chi connectivity index (χ1) is 12.6. The summed E-state index contributed by atoms with van der Waals surface area (Å²) in [5, 5.41) is 3.31. The van der Waals surface area contributed by atoms with Crippen LogP contribution in [-0.2, 0) is 0 Å². The van der Waals surface area contributed by atoms with E-state index in [-0.39, 0.29) is 11.9 Å². The summed E-state index contributed by atoms with van der Waals surface area (Å²) in [5.41, 5.74) is 10.1. The van der Waals surface area contributed by atoms with Gasteiger partial charge in [0.15, 0.2) is 0 Å². The van der Waals surface area contributed by atoms with E-state index in [1.165, 1.54) is 24.8 Å². The third-order valence-electron chi connectivity index (χ3n) is 6.06. The van der Waals surface area contributed by atoms with Crippen molar-refractivity contribution in [2.45, 2.75) is 51.1 Å². The summed E-state index contributed by atoms with van der Waals surface area (Å²) in [6.07, 6.45) is 9.16. The molecule has 26 heavy (non-hydrogen) atoms. The molecule has 2 fully saturated rings. The van der Waals surface area contributed by atoms with Gasteiger partial charge in [0.25, 0.3) is 5.91 Å². The molecular formula is C22H27N3O. The number of benzene rings is 1. The summed E-state index contributed by atoms with van der Waals surface area (Å²) < 4.78 is 0. The highest BCUT2D eigenvalue weighted by atomic mass is 16.1. The van der Waals surface area contributed by atoms with Crippen molar-refractivity contribution in [3.05, 3.63) is 53.9 Å². The van der Waals surface area contributed by atoms with Gasteiger partial charge in [-0.25, -0.2) is 0 Å². The lowest BCUT2D eigenvalue weighted by molar-refractivity contribution is 0.0755. The largest absolute Gasteiger partial charge is 0.349 e. The van der Waals surface area contributed by atoms with Gasteiger partial charge in [-0.1, -0.05) is 36.2 Å². The zero-order valence-electron chi connectivity index (χ0n) is 15.3. The van der Waals surface area contributed by atoms with Crippen molar-refractivity contribution < 1.29 is 4.79 Å². The number of nitrogens with one attached hydrogen (secondary N) is 1. The summed E-state index contributed by atoms with van der Waals surface area (Å²) in [6.45, 7) is 2.07. The van der Waals surface area contributed by atoms with E-state index in [9.17, 15) is 4.79 Å². The summed E-state index contributed by atoms with van der Waals surface area (Å²) in [7, 11) is 0. The van der Waals surface area contributed by atoms with Crippen LogP contribution < -0.4 is 11.1 Å². The van der Waals surface area contributed by atoms with Crippen LogP contribution in [0.4, 0.5) is 0 Å². The molecule has 0 spiro atoms. The van der Waals surface area contributed by atoms with Gasteiger partial charge in [-0.05, 0) is 56.1 Å². The maximum atomic E-state index is 12.9. The number of nitrogens with zero attached hydrogens (tertiary/aromatic N) is 1. The summed E-state index contributed by atoms with van der Waals surface area (Å²) >= 11 is 0. The number of hydrogen-bond acceptors (Lipinski definition) is 3. The fourth-order valence-corrected chi connectivity index (χ4v) is 4.73. The molecule has 4 nitrogen and oxygen atoms in total. The molecule has 3 N–H and O–H groups in total. The molecular weight excluding hydrogens is 322 g/mol. The molecule has 4 heteroatoms. The summed E-state index contributed by atoms with van der Waals surface area (Å²) in [6, 6.07) is 10.8. The van der Waals surface area contributed by atoms with Gasteiger partial charge in [0, 0.05) is 30.0 Å². The Bertz CT molecular complexity index is 772. The van der Waals surface area contributed by atoms with E-state index >= 15 is 0 Å². The van der Waals surface area contributed by atoms with Gasteiger partial charge in [-0.3, -0.25) is 9.78 Å². The first-order valence-electron chi connectivity index (χ1n) is 9.68. The Morgan fingerprint density at radius 3 is 2.46 bits per heavy atom. The Balaban J connectivity index is 1.52. The number of amides is 1. The number of hydrogen-bond donors (Lipinski definition) is 2. The van der Waals surface area contributed by atoms with Gasteiger partial charge in [0.2, 0.25) is 0 Å². The van der Waals surface area contributed by atoms with Crippen molar-refractivity contribution in [2.75, 3.05) is 0 Å². The lowest BCUT2D eigenvalue weighted by atomic mass is 9.67. The zero-order valence-corrected chi connectivity index (χ0v) is 15.3. The fourth-order valence-electron chi connectivity index (χ4n) is 4.73. The normalized spacial score (nSPS) is 27.8. The monoisotopic (exact) mass is 349 g/mol. The number of nitrogens with two attached hydrogens (primary N) is 1. The van der Waals surface area contributed by atoms with E-state index in [1.807, 2.05) is 12.3 Å². The fraction of sp³-hybridized carbons (Fsp3) is 0.455. The first-order valence-corrected chi connectivity index (χ1v) is 9.68. The summed E-state index contributed by atoms with van der Waals surface area (Å²) in [4.78, 5) is 17.2. The average molecular weight is 349 g/mol. The van der Waals surface area contributed by atoms with Crippen molar-refractivity contribution in [3.63, 3.8) is 0 Å². The topological polar surface area (TPSA) is 68.0 Å². The van der Waals surface area contributed by atoms with Gasteiger partial charge in [-0.15, -0.1) is 0 Å². The number of pyridine rings is 1. The molecule has 136 valence electrons. The van der Waals surface area contributed by atoms with E-state index < -0.39 is 0 Å². The Morgan fingerprint density at radius 1 is 1.08 bits per heavy atom. The second-order valence-electron chi connectivity index (χ2n) is 8.01. The molecule has 2 unspecified atom stereocenters. The predicted molar refractivity (Wildman–Crippen MR) is 104 cm³/mol. The third kappa shape index (κ3) is 3.51. The molecule has 2 saturated carbocycles. The minimum atomic E-state index is -0.0103. The molecule has 1 heterocycles. The minimum absolute atomic E-state index is 0.0103.